The number of esters is 1. The number of nitrogens with zero attached hydrogens (tertiary/aromatic N) is 2. The van der Waals surface area contributed by atoms with Crippen molar-refractivity contribution in [2.45, 2.75) is 57.4 Å². The number of hydrogen-bond donors (Lipinski definition) is 0. The summed E-state index contributed by atoms with van der Waals surface area (Å²) in [7, 11) is 0. The lowest BCUT2D eigenvalue weighted by atomic mass is 9.79. The van der Waals surface area contributed by atoms with Crippen LogP contribution >= 0.6 is 0 Å². The van der Waals surface area contributed by atoms with E-state index >= 15 is 0 Å². The van der Waals surface area contributed by atoms with E-state index in [1.54, 1.807) is 12.5 Å². The predicted molar refractivity (Wildman–Crippen MR) is 117 cm³/mol. The molecule has 3 heterocycles. The molecule has 2 atom stereocenters. The van der Waals surface area contributed by atoms with Crippen molar-refractivity contribution in [1.29, 1.82) is 0 Å². The average Bonchev–Trinajstić information content (AvgIpc) is 3.58. The molecule has 0 N–H and O–H groups in total. The van der Waals surface area contributed by atoms with Crippen LogP contribution in [0.1, 0.15) is 68.9 Å². The molecule has 32 heavy (non-hydrogen) atoms. The lowest BCUT2D eigenvalue weighted by molar-refractivity contribution is -0.157. The van der Waals surface area contributed by atoms with Crippen LogP contribution in [0.5, 0.6) is 0 Å². The van der Waals surface area contributed by atoms with E-state index in [4.69, 9.17) is 18.7 Å². The summed E-state index contributed by atoms with van der Waals surface area (Å²) in [5.41, 5.74) is 1.96. The zero-order chi connectivity index (χ0) is 21.9. The molecule has 0 aromatic carbocycles. The molecule has 2 aromatic rings. The molecule has 0 radical (unpaired) electrons. The molecule has 2 aliphatic carbocycles. The maximum atomic E-state index is 13.2. The summed E-state index contributed by atoms with van der Waals surface area (Å²) in [4.78, 5) is 25.6. The first kappa shape index (κ1) is 20.8. The third kappa shape index (κ3) is 4.16. The Bertz CT molecular complexity index is 999. The minimum Gasteiger partial charge on any atom is -0.467 e. The van der Waals surface area contributed by atoms with Crippen LogP contribution in [0, 0.1) is 11.8 Å². The van der Waals surface area contributed by atoms with Gasteiger partial charge in [0.25, 0.3) is 5.91 Å². The van der Waals surface area contributed by atoms with Gasteiger partial charge in [-0.2, -0.15) is 5.10 Å². The number of rotatable bonds is 5. The number of carbonyl (C=O) groups is 2. The Morgan fingerprint density at radius 2 is 1.88 bits per heavy atom. The Morgan fingerprint density at radius 3 is 2.62 bits per heavy atom. The molecular weight excluding hydrogens is 408 g/mol. The fourth-order valence-corrected chi connectivity index (χ4v) is 5.15. The second kappa shape index (κ2) is 9.18. The Morgan fingerprint density at radius 1 is 1.06 bits per heavy atom. The molecule has 1 aliphatic heterocycles. The van der Waals surface area contributed by atoms with Crippen LogP contribution in [0.3, 0.4) is 0 Å². The maximum absolute atomic E-state index is 13.2. The first-order valence-corrected chi connectivity index (χ1v) is 11.6. The van der Waals surface area contributed by atoms with Crippen molar-refractivity contribution >= 4 is 23.7 Å². The fraction of sp³-hybridized carbons (Fsp3) is 0.480. The van der Waals surface area contributed by atoms with E-state index in [1.165, 1.54) is 5.01 Å². The summed E-state index contributed by atoms with van der Waals surface area (Å²) >= 11 is 0. The number of amides is 1. The highest BCUT2D eigenvalue weighted by atomic mass is 16.5. The predicted octanol–water partition coefficient (Wildman–Crippen LogP) is 5.12. The summed E-state index contributed by atoms with van der Waals surface area (Å²) in [5.74, 6) is 0.816. The Balaban J connectivity index is 1.37. The molecule has 7 nitrogen and oxygen atoms in total. The van der Waals surface area contributed by atoms with Crippen LogP contribution in [-0.4, -0.2) is 29.2 Å². The van der Waals surface area contributed by atoms with Crippen molar-refractivity contribution in [3.05, 3.63) is 53.9 Å². The van der Waals surface area contributed by atoms with Crippen LogP contribution in [0.4, 0.5) is 0 Å². The summed E-state index contributed by atoms with van der Waals surface area (Å²) in [6.07, 6.45) is 13.0. The van der Waals surface area contributed by atoms with Gasteiger partial charge in [-0.15, -0.1) is 0 Å². The van der Waals surface area contributed by atoms with E-state index in [0.29, 0.717) is 5.76 Å². The van der Waals surface area contributed by atoms with Crippen molar-refractivity contribution in [3.63, 3.8) is 0 Å². The van der Waals surface area contributed by atoms with Gasteiger partial charge in [0.15, 0.2) is 6.61 Å². The molecule has 2 saturated carbocycles. The molecule has 5 rings (SSSR count). The molecule has 0 spiro atoms. The second-order valence-corrected chi connectivity index (χ2v) is 8.81. The smallest absolute Gasteiger partial charge is 0.309 e. The number of allylic oxidation sites excluding steroid dienone is 1. The zero-order valence-electron chi connectivity index (χ0n) is 18.1. The van der Waals surface area contributed by atoms with Gasteiger partial charge in [0, 0.05) is 5.92 Å². The van der Waals surface area contributed by atoms with E-state index in [0.717, 1.165) is 68.4 Å². The monoisotopic (exact) mass is 436 g/mol. The molecule has 2 unspecified atom stereocenters. The van der Waals surface area contributed by atoms with Crippen molar-refractivity contribution < 1.29 is 23.2 Å². The Labute approximate surface area is 187 Å². The molecule has 2 aromatic heterocycles. The van der Waals surface area contributed by atoms with Gasteiger partial charge < -0.3 is 13.6 Å². The number of carbonyl (C=O) groups excluding carboxylic acids is 2. The number of furan rings is 2. The van der Waals surface area contributed by atoms with Crippen molar-refractivity contribution in [3.8, 4) is 0 Å². The van der Waals surface area contributed by atoms with E-state index in [1.807, 2.05) is 30.3 Å². The van der Waals surface area contributed by atoms with Crippen molar-refractivity contribution in [2.24, 2.45) is 16.9 Å². The highest BCUT2D eigenvalue weighted by Gasteiger charge is 2.45. The lowest BCUT2D eigenvalue weighted by Gasteiger charge is -2.27. The Hall–Kier alpha value is -3.09. The lowest BCUT2D eigenvalue weighted by Crippen LogP contribution is -2.35. The third-order valence-electron chi connectivity index (χ3n) is 6.73. The molecule has 2 fully saturated rings. The highest BCUT2D eigenvalue weighted by molar-refractivity contribution is 6.08. The molecule has 0 saturated heterocycles. The number of fused-ring (bicyclic) bond motifs is 1. The van der Waals surface area contributed by atoms with Gasteiger partial charge in [-0.05, 0) is 68.0 Å². The summed E-state index contributed by atoms with van der Waals surface area (Å²) in [6.45, 7) is -0.298. The first-order chi connectivity index (χ1) is 15.7. The van der Waals surface area contributed by atoms with Crippen LogP contribution in [0.25, 0.3) is 6.08 Å². The van der Waals surface area contributed by atoms with Crippen LogP contribution in [-0.2, 0) is 14.3 Å². The van der Waals surface area contributed by atoms with Crippen molar-refractivity contribution in [1.82, 2.24) is 5.01 Å². The summed E-state index contributed by atoms with van der Waals surface area (Å²) < 4.78 is 16.6. The van der Waals surface area contributed by atoms with Gasteiger partial charge in [0.05, 0.1) is 24.2 Å². The van der Waals surface area contributed by atoms with E-state index in [-0.39, 0.29) is 36.4 Å². The third-order valence-corrected chi connectivity index (χ3v) is 6.73. The average molecular weight is 437 g/mol. The minimum atomic E-state index is -0.332. The van der Waals surface area contributed by atoms with Crippen LogP contribution < -0.4 is 0 Å². The quantitative estimate of drug-likeness (QED) is 0.608. The van der Waals surface area contributed by atoms with Gasteiger partial charge in [0.1, 0.15) is 17.6 Å². The first-order valence-electron chi connectivity index (χ1n) is 11.6. The van der Waals surface area contributed by atoms with Gasteiger partial charge in [-0.3, -0.25) is 9.59 Å². The fourth-order valence-electron chi connectivity index (χ4n) is 5.15. The number of hydrazone groups is 1. The maximum Gasteiger partial charge on any atom is 0.309 e. The number of hydrogen-bond acceptors (Lipinski definition) is 6. The Kier molecular flexibility index (Phi) is 5.97. The largest absolute Gasteiger partial charge is 0.467 e. The van der Waals surface area contributed by atoms with Gasteiger partial charge >= 0.3 is 5.97 Å². The van der Waals surface area contributed by atoms with Crippen LogP contribution in [0.15, 0.2) is 56.3 Å². The molecule has 168 valence electrons. The second-order valence-electron chi connectivity index (χ2n) is 8.81. The van der Waals surface area contributed by atoms with E-state index in [2.05, 4.69) is 0 Å². The SMILES string of the molecule is O=C(OCC(=O)N1N=C2C(=Cc3ccco3)CCCC2C1c1ccco1)C1CCCCC1. The topological polar surface area (TPSA) is 85.3 Å². The molecule has 1 amide bonds. The van der Waals surface area contributed by atoms with E-state index < -0.39 is 0 Å². The molecule has 7 heteroatoms. The molecular formula is C25H28N2O5. The molecule has 3 aliphatic rings. The standard InChI is InChI=1S/C25H28N2O5/c28-22(16-32-25(29)17-7-2-1-3-8-17)27-24(21-12-6-14-31-21)20-11-4-9-18(23(20)26-27)15-19-10-5-13-30-19/h5-6,10,12-15,17,20,24H,1-4,7-9,11,16H2. The van der Waals surface area contributed by atoms with Crippen LogP contribution in [0.2, 0.25) is 0 Å². The zero-order valence-corrected chi connectivity index (χ0v) is 18.1. The molecule has 0 bridgehead atoms. The number of ether oxygens (including phenoxy) is 1. The highest BCUT2D eigenvalue weighted by Crippen LogP contribution is 2.44. The summed E-state index contributed by atoms with van der Waals surface area (Å²) in [5, 5.41) is 6.21. The van der Waals surface area contributed by atoms with Gasteiger partial charge in [0.2, 0.25) is 0 Å². The van der Waals surface area contributed by atoms with E-state index in [9.17, 15) is 9.59 Å². The normalized spacial score (nSPS) is 24.9. The summed E-state index contributed by atoms with van der Waals surface area (Å²) in [6, 6.07) is 7.12. The van der Waals surface area contributed by atoms with Gasteiger partial charge in [-0.25, -0.2) is 5.01 Å². The van der Waals surface area contributed by atoms with Gasteiger partial charge in [-0.1, -0.05) is 19.3 Å². The minimum absolute atomic E-state index is 0.0362. The van der Waals surface area contributed by atoms with Crippen molar-refractivity contribution in [2.75, 3.05) is 6.61 Å².